The lowest BCUT2D eigenvalue weighted by atomic mass is 10.0. The number of benzene rings is 2. The van der Waals surface area contributed by atoms with Gasteiger partial charge < -0.3 is 5.32 Å². The smallest absolute Gasteiger partial charge is 0.257 e. The van der Waals surface area contributed by atoms with Gasteiger partial charge in [0.05, 0.1) is 15.6 Å². The minimum Gasteiger partial charge on any atom is -0.321 e. The second-order valence-corrected chi connectivity index (χ2v) is 10.1. The fourth-order valence-electron chi connectivity index (χ4n) is 3.79. The zero-order valence-corrected chi connectivity index (χ0v) is 18.9. The molecule has 0 unspecified atom stereocenters. The average molecular weight is 455 g/mol. The molecule has 1 aliphatic rings. The molecule has 29 heavy (non-hydrogen) atoms. The number of anilines is 1. The zero-order valence-electron chi connectivity index (χ0n) is 16.6. The van der Waals surface area contributed by atoms with Gasteiger partial charge in [-0.25, -0.2) is 13.1 Å². The van der Waals surface area contributed by atoms with E-state index in [0.717, 1.165) is 42.4 Å². The third kappa shape index (κ3) is 4.94. The molecule has 3 rings (SSSR count). The van der Waals surface area contributed by atoms with Gasteiger partial charge in [0.2, 0.25) is 10.0 Å². The molecule has 0 radical (unpaired) electrons. The summed E-state index contributed by atoms with van der Waals surface area (Å²) in [5.41, 5.74) is 3.66. The number of carbonyl (C=O) groups excluding carboxylic acids is 1. The summed E-state index contributed by atoms with van der Waals surface area (Å²) in [4.78, 5) is 12.8. The van der Waals surface area contributed by atoms with E-state index < -0.39 is 15.9 Å². The lowest BCUT2D eigenvalue weighted by Gasteiger charge is -2.16. The van der Waals surface area contributed by atoms with Gasteiger partial charge >= 0.3 is 0 Å². The maximum absolute atomic E-state index is 12.9. The minimum atomic E-state index is -3.86. The van der Waals surface area contributed by atoms with E-state index in [0.29, 0.717) is 5.69 Å². The van der Waals surface area contributed by atoms with E-state index in [1.807, 2.05) is 32.9 Å². The lowest BCUT2D eigenvalue weighted by molar-refractivity contribution is 0.102. The number of halogens is 2. The van der Waals surface area contributed by atoms with Crippen LogP contribution in [0.3, 0.4) is 0 Å². The Kier molecular flexibility index (Phi) is 6.58. The Morgan fingerprint density at radius 3 is 2.14 bits per heavy atom. The normalized spacial score (nSPS) is 14.9. The van der Waals surface area contributed by atoms with Crippen LogP contribution in [0.5, 0.6) is 0 Å². The van der Waals surface area contributed by atoms with E-state index in [-0.39, 0.29) is 26.5 Å². The number of hydrogen-bond acceptors (Lipinski definition) is 3. The fourth-order valence-corrected chi connectivity index (χ4v) is 5.96. The van der Waals surface area contributed by atoms with Crippen LogP contribution in [0.4, 0.5) is 5.69 Å². The molecule has 0 saturated heterocycles. The van der Waals surface area contributed by atoms with E-state index in [9.17, 15) is 13.2 Å². The predicted molar refractivity (Wildman–Crippen MR) is 118 cm³/mol. The molecule has 0 bridgehead atoms. The lowest BCUT2D eigenvalue weighted by Crippen LogP contribution is -2.33. The standard InChI is InChI=1S/C21H24Cl2N2O3S/c1-12-8-13(2)20(14(3)9-12)24-21(26)16-10-19(18(23)11-17(16)22)29(27,28)25-15-6-4-5-7-15/h8-11,15,25H,4-7H2,1-3H3,(H,24,26). The number of nitrogens with one attached hydrogen (secondary N) is 2. The molecular formula is C21H24Cl2N2O3S. The van der Waals surface area contributed by atoms with Crippen LogP contribution in [0.1, 0.15) is 52.7 Å². The summed E-state index contributed by atoms with van der Waals surface area (Å²) in [5, 5.41) is 2.93. The summed E-state index contributed by atoms with van der Waals surface area (Å²) in [6.07, 6.45) is 3.57. The Balaban J connectivity index is 1.94. The Labute approximate surface area is 181 Å². The first kappa shape index (κ1) is 22.1. The monoisotopic (exact) mass is 454 g/mol. The molecule has 2 N–H and O–H groups in total. The SMILES string of the molecule is Cc1cc(C)c(NC(=O)c2cc(S(=O)(=O)NC3CCCC3)c(Cl)cc2Cl)c(C)c1. The quantitative estimate of drug-likeness (QED) is 0.635. The van der Waals surface area contributed by atoms with Gasteiger partial charge in [0.25, 0.3) is 5.91 Å². The molecule has 0 spiro atoms. The molecule has 0 atom stereocenters. The van der Waals surface area contributed by atoms with Crippen molar-refractivity contribution in [3.05, 3.63) is 56.6 Å². The minimum absolute atomic E-state index is 0.0141. The third-order valence-electron chi connectivity index (χ3n) is 5.15. The van der Waals surface area contributed by atoms with Gasteiger partial charge in [-0.05, 0) is 56.9 Å². The van der Waals surface area contributed by atoms with Gasteiger partial charge in [0.15, 0.2) is 0 Å². The predicted octanol–water partition coefficient (Wildman–Crippen LogP) is 5.39. The van der Waals surface area contributed by atoms with Crippen molar-refractivity contribution in [1.82, 2.24) is 4.72 Å². The molecule has 0 aliphatic heterocycles. The molecule has 2 aromatic rings. The molecule has 1 aliphatic carbocycles. The van der Waals surface area contributed by atoms with Crippen LogP contribution in [0.15, 0.2) is 29.2 Å². The number of aryl methyl sites for hydroxylation is 3. The Morgan fingerprint density at radius 1 is 0.966 bits per heavy atom. The summed E-state index contributed by atoms with van der Waals surface area (Å²) < 4.78 is 28.3. The van der Waals surface area contributed by atoms with Gasteiger partial charge in [0, 0.05) is 11.7 Å². The Morgan fingerprint density at radius 2 is 1.55 bits per heavy atom. The van der Waals surface area contributed by atoms with E-state index in [1.54, 1.807) is 0 Å². The van der Waals surface area contributed by atoms with Gasteiger partial charge in [-0.2, -0.15) is 0 Å². The molecule has 1 amide bonds. The first-order chi connectivity index (χ1) is 13.6. The van der Waals surface area contributed by atoms with Gasteiger partial charge in [-0.3, -0.25) is 4.79 Å². The van der Waals surface area contributed by atoms with Gasteiger partial charge in [0.1, 0.15) is 4.90 Å². The van der Waals surface area contributed by atoms with Gasteiger partial charge in [-0.1, -0.05) is 53.7 Å². The van der Waals surface area contributed by atoms with Crippen molar-refractivity contribution < 1.29 is 13.2 Å². The summed E-state index contributed by atoms with van der Waals surface area (Å²) in [6, 6.07) is 6.37. The van der Waals surface area contributed by atoms with Crippen LogP contribution < -0.4 is 10.0 Å². The van der Waals surface area contributed by atoms with E-state index in [1.165, 1.54) is 12.1 Å². The van der Waals surface area contributed by atoms with Crippen LogP contribution in [0.25, 0.3) is 0 Å². The highest BCUT2D eigenvalue weighted by Gasteiger charge is 2.27. The maximum atomic E-state index is 12.9. The second kappa shape index (κ2) is 8.64. The van der Waals surface area contributed by atoms with Crippen LogP contribution in [-0.2, 0) is 10.0 Å². The second-order valence-electron chi connectivity index (χ2n) is 7.59. The summed E-state index contributed by atoms with van der Waals surface area (Å²) in [5.74, 6) is -0.487. The molecule has 8 heteroatoms. The van der Waals surface area contributed by atoms with Crippen molar-refractivity contribution >= 4 is 44.8 Å². The van der Waals surface area contributed by atoms with Gasteiger partial charge in [-0.15, -0.1) is 0 Å². The van der Waals surface area contributed by atoms with E-state index in [2.05, 4.69) is 10.0 Å². The third-order valence-corrected chi connectivity index (χ3v) is 7.45. The van der Waals surface area contributed by atoms with E-state index in [4.69, 9.17) is 23.2 Å². The first-order valence-corrected chi connectivity index (χ1v) is 11.7. The largest absolute Gasteiger partial charge is 0.321 e. The van der Waals surface area contributed by atoms with Crippen molar-refractivity contribution in [2.24, 2.45) is 0 Å². The molecule has 0 aromatic heterocycles. The van der Waals surface area contributed by atoms with Crippen molar-refractivity contribution in [1.29, 1.82) is 0 Å². The fraction of sp³-hybridized carbons (Fsp3) is 0.381. The Hall–Kier alpha value is -1.60. The van der Waals surface area contributed by atoms with E-state index >= 15 is 0 Å². The van der Waals surface area contributed by atoms with Crippen molar-refractivity contribution in [3.63, 3.8) is 0 Å². The van der Waals surface area contributed by atoms with Crippen molar-refractivity contribution in [3.8, 4) is 0 Å². The highest BCUT2D eigenvalue weighted by molar-refractivity contribution is 7.89. The summed E-state index contributed by atoms with van der Waals surface area (Å²) >= 11 is 12.4. The number of amides is 1. The highest BCUT2D eigenvalue weighted by Crippen LogP contribution is 2.31. The molecular weight excluding hydrogens is 431 g/mol. The van der Waals surface area contributed by atoms with Crippen molar-refractivity contribution in [2.45, 2.75) is 57.4 Å². The molecule has 1 saturated carbocycles. The topological polar surface area (TPSA) is 75.3 Å². The molecule has 0 heterocycles. The molecule has 5 nitrogen and oxygen atoms in total. The van der Waals surface area contributed by atoms with Crippen LogP contribution in [-0.4, -0.2) is 20.4 Å². The first-order valence-electron chi connectivity index (χ1n) is 9.49. The number of sulfonamides is 1. The number of carbonyl (C=O) groups is 1. The Bertz CT molecular complexity index is 1040. The average Bonchev–Trinajstić information content (AvgIpc) is 3.09. The summed E-state index contributed by atoms with van der Waals surface area (Å²) in [6.45, 7) is 5.79. The summed E-state index contributed by atoms with van der Waals surface area (Å²) in [7, 11) is -3.86. The van der Waals surface area contributed by atoms with Crippen LogP contribution in [0.2, 0.25) is 10.0 Å². The maximum Gasteiger partial charge on any atom is 0.257 e. The van der Waals surface area contributed by atoms with Crippen LogP contribution in [0, 0.1) is 20.8 Å². The van der Waals surface area contributed by atoms with Crippen LogP contribution >= 0.6 is 23.2 Å². The zero-order chi connectivity index (χ0) is 21.3. The number of rotatable bonds is 5. The highest BCUT2D eigenvalue weighted by atomic mass is 35.5. The molecule has 1 fully saturated rings. The molecule has 156 valence electrons. The molecule has 2 aromatic carbocycles. The van der Waals surface area contributed by atoms with Crippen molar-refractivity contribution in [2.75, 3.05) is 5.32 Å². The number of hydrogen-bond donors (Lipinski definition) is 2.